The van der Waals surface area contributed by atoms with Crippen LogP contribution in [0.4, 0.5) is 4.79 Å². The summed E-state index contributed by atoms with van der Waals surface area (Å²) in [5.74, 6) is -0.112. The monoisotopic (exact) mass is 444 g/mol. The number of hydrogen-bond acceptors (Lipinski definition) is 6. The third-order valence-electron chi connectivity index (χ3n) is 5.39. The lowest BCUT2D eigenvalue weighted by atomic mass is 9.77. The molecule has 0 atom stereocenters. The minimum absolute atomic E-state index is 0.0164. The van der Waals surface area contributed by atoms with Crippen LogP contribution >= 0.6 is 11.6 Å². The number of aromatic hydroxyl groups is 1. The van der Waals surface area contributed by atoms with E-state index in [0.717, 1.165) is 5.56 Å². The molecule has 1 aromatic heterocycles. The zero-order chi connectivity index (χ0) is 22.6. The minimum atomic E-state index is -0.700. The van der Waals surface area contributed by atoms with E-state index in [2.05, 4.69) is 10.3 Å². The van der Waals surface area contributed by atoms with Gasteiger partial charge in [-0.2, -0.15) is 0 Å². The number of carbonyl (C=O) groups excluding carboxylic acids is 1. The number of carbonyl (C=O) groups is 1. The summed E-state index contributed by atoms with van der Waals surface area (Å²) in [5, 5.41) is 12.3. The van der Waals surface area contributed by atoms with Gasteiger partial charge in [0.1, 0.15) is 6.61 Å². The molecule has 2 N–H and O–H groups in total. The maximum Gasteiger partial charge on any atom is 0.492 e. The van der Waals surface area contributed by atoms with Gasteiger partial charge in [-0.25, -0.2) is 9.78 Å². The molecule has 2 aromatic rings. The number of halogens is 1. The highest BCUT2D eigenvalue weighted by atomic mass is 35.5. The lowest BCUT2D eigenvalue weighted by molar-refractivity contribution is 0.00578. The van der Waals surface area contributed by atoms with Crippen LogP contribution in [-0.2, 0) is 20.7 Å². The predicted octanol–water partition coefficient (Wildman–Crippen LogP) is 4.38. The Bertz CT molecular complexity index is 950. The van der Waals surface area contributed by atoms with Gasteiger partial charge in [-0.05, 0) is 56.9 Å². The number of nitrogens with one attached hydrogen (secondary N) is 1. The Labute approximate surface area is 187 Å². The number of alkyl carbamates (subject to hydrolysis) is 1. The molecule has 1 aliphatic heterocycles. The van der Waals surface area contributed by atoms with Crippen molar-refractivity contribution in [3.63, 3.8) is 0 Å². The summed E-state index contributed by atoms with van der Waals surface area (Å²) in [4.78, 5) is 16.4. The lowest BCUT2D eigenvalue weighted by Gasteiger charge is -2.32. The van der Waals surface area contributed by atoms with Crippen LogP contribution in [0.1, 0.15) is 39.0 Å². The van der Waals surface area contributed by atoms with Crippen LogP contribution < -0.4 is 5.32 Å². The van der Waals surface area contributed by atoms with Crippen LogP contribution in [0, 0.1) is 0 Å². The smallest absolute Gasteiger partial charge is 0.492 e. The number of ether oxygens (including phenoxy) is 1. The normalized spacial score (nSPS) is 17.5. The molecule has 2 heterocycles. The van der Waals surface area contributed by atoms with Crippen molar-refractivity contribution in [2.24, 2.45) is 0 Å². The first-order valence-corrected chi connectivity index (χ1v) is 10.3. The summed E-state index contributed by atoms with van der Waals surface area (Å²) >= 11 is 5.93. The standard InChI is InChI=1S/C22H26BClN2O5/c1-21(2)22(3,4)31-23(30-21)16(12-17-10-11-18(27)19(24)26-17)13-25-20(28)29-14-15-8-6-5-7-9-15/h5-12,27H,13-14H2,1-4H3,(H,25,28). The largest absolute Gasteiger partial charge is 0.505 e. The van der Waals surface area contributed by atoms with Crippen LogP contribution in [-0.4, -0.2) is 41.0 Å². The summed E-state index contributed by atoms with van der Waals surface area (Å²) in [6.07, 6.45) is 1.15. The fraction of sp³-hybridized carbons (Fsp3) is 0.364. The zero-order valence-electron chi connectivity index (χ0n) is 18.0. The third kappa shape index (κ3) is 5.78. The molecule has 9 heteroatoms. The van der Waals surface area contributed by atoms with Gasteiger partial charge in [0, 0.05) is 6.54 Å². The fourth-order valence-electron chi connectivity index (χ4n) is 2.86. The van der Waals surface area contributed by atoms with E-state index in [1.54, 1.807) is 12.1 Å². The van der Waals surface area contributed by atoms with E-state index in [1.165, 1.54) is 6.07 Å². The van der Waals surface area contributed by atoms with Crippen LogP contribution in [0.15, 0.2) is 47.9 Å². The number of benzene rings is 1. The first-order chi connectivity index (χ1) is 14.6. The Morgan fingerprint density at radius 3 is 2.42 bits per heavy atom. The average Bonchev–Trinajstić information content (AvgIpc) is 2.94. The van der Waals surface area contributed by atoms with E-state index < -0.39 is 24.4 Å². The molecule has 0 bridgehead atoms. The van der Waals surface area contributed by atoms with Crippen molar-refractivity contribution in [3.8, 4) is 5.75 Å². The quantitative estimate of drug-likeness (QED) is 0.507. The van der Waals surface area contributed by atoms with Crippen molar-refractivity contribution < 1.29 is 23.9 Å². The van der Waals surface area contributed by atoms with Gasteiger partial charge in [0.15, 0.2) is 10.9 Å². The lowest BCUT2D eigenvalue weighted by Crippen LogP contribution is -2.41. The van der Waals surface area contributed by atoms with E-state index in [1.807, 2.05) is 58.0 Å². The summed E-state index contributed by atoms with van der Waals surface area (Å²) in [7, 11) is -0.700. The summed E-state index contributed by atoms with van der Waals surface area (Å²) < 4.78 is 17.5. The van der Waals surface area contributed by atoms with E-state index in [-0.39, 0.29) is 24.1 Å². The molecule has 3 rings (SSSR count). The van der Waals surface area contributed by atoms with Gasteiger partial charge >= 0.3 is 13.2 Å². The van der Waals surface area contributed by atoms with Crippen LogP contribution in [0.3, 0.4) is 0 Å². The van der Waals surface area contributed by atoms with E-state index in [4.69, 9.17) is 25.6 Å². The molecule has 1 aliphatic rings. The van der Waals surface area contributed by atoms with Gasteiger partial charge < -0.3 is 24.5 Å². The second-order valence-corrected chi connectivity index (χ2v) is 8.63. The Balaban J connectivity index is 1.73. The molecule has 1 aromatic carbocycles. The minimum Gasteiger partial charge on any atom is -0.505 e. The van der Waals surface area contributed by atoms with Crippen molar-refractivity contribution >= 4 is 30.9 Å². The summed E-state index contributed by atoms with van der Waals surface area (Å²) in [6.45, 7) is 8.06. The van der Waals surface area contributed by atoms with Crippen molar-refractivity contribution in [2.45, 2.75) is 45.5 Å². The van der Waals surface area contributed by atoms with E-state index in [9.17, 15) is 9.90 Å². The molecule has 0 unspecified atom stereocenters. The first-order valence-electron chi connectivity index (χ1n) is 9.93. The average molecular weight is 445 g/mol. The maximum absolute atomic E-state index is 12.2. The number of pyridine rings is 1. The summed E-state index contributed by atoms with van der Waals surface area (Å²) in [6, 6.07) is 12.5. The molecule has 0 saturated carbocycles. The predicted molar refractivity (Wildman–Crippen MR) is 120 cm³/mol. The Morgan fingerprint density at radius 2 is 1.81 bits per heavy atom. The van der Waals surface area contributed by atoms with Crippen molar-refractivity contribution in [2.75, 3.05) is 6.54 Å². The zero-order valence-corrected chi connectivity index (χ0v) is 18.8. The van der Waals surface area contributed by atoms with E-state index in [0.29, 0.717) is 11.2 Å². The number of aromatic nitrogens is 1. The number of rotatable bonds is 6. The first kappa shape index (κ1) is 23.1. The highest BCUT2D eigenvalue weighted by Gasteiger charge is 2.52. The Hall–Kier alpha value is -2.55. The van der Waals surface area contributed by atoms with Crippen molar-refractivity contribution in [3.05, 3.63) is 64.3 Å². The molecular formula is C22H26BClN2O5. The Kier molecular flexibility index (Phi) is 6.94. The highest BCUT2D eigenvalue weighted by molar-refractivity contribution is 6.56. The van der Waals surface area contributed by atoms with Crippen molar-refractivity contribution in [1.29, 1.82) is 0 Å². The second-order valence-electron chi connectivity index (χ2n) is 8.27. The molecular weight excluding hydrogens is 419 g/mol. The summed E-state index contributed by atoms with van der Waals surface area (Å²) in [5.41, 5.74) is 0.911. The van der Waals surface area contributed by atoms with Gasteiger partial charge in [-0.15, -0.1) is 0 Å². The van der Waals surface area contributed by atoms with Gasteiger partial charge in [-0.3, -0.25) is 0 Å². The highest BCUT2D eigenvalue weighted by Crippen LogP contribution is 2.38. The number of hydrogen-bond donors (Lipinski definition) is 2. The Morgan fingerprint density at radius 1 is 1.16 bits per heavy atom. The second kappa shape index (κ2) is 9.30. The van der Waals surface area contributed by atoms with Crippen LogP contribution in [0.25, 0.3) is 6.08 Å². The van der Waals surface area contributed by atoms with Crippen LogP contribution in [0.5, 0.6) is 5.75 Å². The van der Waals surface area contributed by atoms with Crippen LogP contribution in [0.2, 0.25) is 5.15 Å². The van der Waals surface area contributed by atoms with Crippen molar-refractivity contribution in [1.82, 2.24) is 10.3 Å². The molecule has 7 nitrogen and oxygen atoms in total. The fourth-order valence-corrected chi connectivity index (χ4v) is 3.02. The van der Waals surface area contributed by atoms with Gasteiger partial charge in [-0.1, -0.05) is 41.9 Å². The maximum atomic E-state index is 12.2. The molecule has 31 heavy (non-hydrogen) atoms. The number of nitrogens with zero attached hydrogens (tertiary/aromatic N) is 1. The van der Waals surface area contributed by atoms with Gasteiger partial charge in [0.2, 0.25) is 0 Å². The topological polar surface area (TPSA) is 89.9 Å². The molecule has 0 aliphatic carbocycles. The van der Waals surface area contributed by atoms with Gasteiger partial charge in [0.05, 0.1) is 16.9 Å². The number of amides is 1. The van der Waals surface area contributed by atoms with Gasteiger partial charge in [0.25, 0.3) is 0 Å². The molecule has 1 amide bonds. The van der Waals surface area contributed by atoms with E-state index >= 15 is 0 Å². The molecule has 1 fully saturated rings. The molecule has 0 radical (unpaired) electrons. The third-order valence-corrected chi connectivity index (χ3v) is 5.67. The SMILES string of the molecule is CC1(C)OB(C(=Cc2ccc(O)c(Cl)n2)CNC(=O)OCc2ccccc2)OC1(C)C. The molecule has 1 saturated heterocycles. The molecule has 0 spiro atoms. The molecule has 164 valence electrons.